The summed E-state index contributed by atoms with van der Waals surface area (Å²) in [5, 5.41) is 2.96. The normalized spacial score (nSPS) is 18.0. The molecule has 305 valence electrons. The molecule has 6 aromatic carbocycles. The van der Waals surface area contributed by atoms with Gasteiger partial charge in [0.1, 0.15) is 0 Å². The number of halogens is 2. The fraction of sp³-hybridized carbons (Fsp3) is 0.286. The minimum absolute atomic E-state index is 0.149. The van der Waals surface area contributed by atoms with E-state index >= 15 is 0 Å². The molecular formula is C56H59Cl2SiZr. The van der Waals surface area contributed by atoms with E-state index in [0.717, 1.165) is 25.7 Å². The van der Waals surface area contributed by atoms with Crippen molar-refractivity contribution in [2.45, 2.75) is 88.3 Å². The molecule has 60 heavy (non-hydrogen) atoms. The summed E-state index contributed by atoms with van der Waals surface area (Å²) in [5.74, 6) is 0. The molecule has 2 aliphatic carbocycles. The molecule has 4 heteroatoms. The first-order valence-corrected chi connectivity index (χ1v) is 34.1. The summed E-state index contributed by atoms with van der Waals surface area (Å²) in [7, 11) is 18.2. The molecule has 0 aromatic heterocycles. The fourth-order valence-corrected chi connectivity index (χ4v) is 39.7. The number of rotatable bonds is 9. The summed E-state index contributed by atoms with van der Waals surface area (Å²) in [4.78, 5) is 0. The number of allylic oxidation sites excluding steroid dienone is 2. The van der Waals surface area contributed by atoms with Gasteiger partial charge in [0.2, 0.25) is 0 Å². The topological polar surface area (TPSA) is 0 Å². The fourth-order valence-electron chi connectivity index (χ4n) is 11.4. The molecule has 0 N–H and O–H groups in total. The molecule has 2 atom stereocenters. The van der Waals surface area contributed by atoms with Gasteiger partial charge in [0.25, 0.3) is 0 Å². The van der Waals surface area contributed by atoms with Crippen molar-refractivity contribution >= 4 is 52.3 Å². The van der Waals surface area contributed by atoms with E-state index in [9.17, 15) is 17.0 Å². The van der Waals surface area contributed by atoms with Crippen molar-refractivity contribution in [3.8, 4) is 33.4 Å². The first-order valence-electron chi connectivity index (χ1n) is 22.3. The monoisotopic (exact) mass is 919 g/mol. The molecule has 0 saturated carbocycles. The zero-order chi connectivity index (χ0) is 42.2. The second kappa shape index (κ2) is 15.4. The Balaban J connectivity index is 1.43. The Morgan fingerprint density at radius 2 is 0.967 bits per heavy atom. The van der Waals surface area contributed by atoms with Crippen LogP contribution in [0.1, 0.15) is 109 Å². The number of benzene rings is 6. The Hall–Kier alpha value is -3.52. The Kier molecular flexibility index (Phi) is 10.7. The van der Waals surface area contributed by atoms with Crippen LogP contribution in [0.2, 0.25) is 0 Å². The number of fused-ring (bicyclic) bond motifs is 5. The van der Waals surface area contributed by atoms with Crippen molar-refractivity contribution in [3.05, 3.63) is 172 Å². The van der Waals surface area contributed by atoms with Gasteiger partial charge in [-0.05, 0) is 0 Å². The summed E-state index contributed by atoms with van der Waals surface area (Å²) in [5.41, 5.74) is 18.4. The minimum atomic E-state index is -5.79. The predicted molar refractivity (Wildman–Crippen MR) is 263 cm³/mol. The average molecular weight is 922 g/mol. The van der Waals surface area contributed by atoms with E-state index < -0.39 is 25.9 Å². The first-order chi connectivity index (χ1) is 28.7. The molecule has 1 heterocycles. The standard InChI is InChI=1S/2C22H25.C12H9Si.2ClH.Zr/c2*1-5-9-16-12-13-18-14-19(22(2,3)4)15-20(18)21(16)17-10-7-6-8-11-17;1-3-7-11-9(5-1)10-6-2-4-8-12(10)13-11;;;/h2*6-8,10-15H,5,9H2,1-4H3;1-7H,13H2;2*1H;/q;;;;;+2/p-2. The van der Waals surface area contributed by atoms with E-state index in [-0.39, 0.29) is 18.1 Å². The number of hydrogen-bond acceptors (Lipinski definition) is 0. The number of hydrogen-bond donors (Lipinski definition) is 0. The summed E-state index contributed by atoms with van der Waals surface area (Å²) in [6, 6.07) is 48.1. The molecule has 2 unspecified atom stereocenters. The zero-order valence-electron chi connectivity index (χ0n) is 36.7. The molecule has 0 fully saturated rings. The third-order valence-electron chi connectivity index (χ3n) is 13.9. The van der Waals surface area contributed by atoms with Crippen LogP contribution < -0.4 is 13.6 Å². The summed E-state index contributed by atoms with van der Waals surface area (Å²) in [6.07, 6.45) is 9.32. The van der Waals surface area contributed by atoms with Crippen LogP contribution in [0.3, 0.4) is 0 Å². The maximum atomic E-state index is 9.53. The van der Waals surface area contributed by atoms with Gasteiger partial charge >= 0.3 is 373 Å². The molecule has 0 saturated heterocycles. The van der Waals surface area contributed by atoms with Gasteiger partial charge in [0.15, 0.2) is 0 Å². The zero-order valence-corrected chi connectivity index (χ0v) is 42.1. The molecule has 1 aliphatic heterocycles. The second-order valence-corrected chi connectivity index (χ2v) is 42.3. The van der Waals surface area contributed by atoms with Crippen LogP contribution in [0.4, 0.5) is 0 Å². The maximum absolute atomic E-state index is 9.53. The van der Waals surface area contributed by atoms with Gasteiger partial charge in [-0.2, -0.15) is 0 Å². The molecule has 0 spiro atoms. The van der Waals surface area contributed by atoms with Gasteiger partial charge in [0, 0.05) is 0 Å². The molecule has 3 aliphatic rings. The Bertz CT molecular complexity index is 2570. The van der Waals surface area contributed by atoms with Crippen LogP contribution in [-0.2, 0) is 29.2 Å². The molecule has 6 aromatic rings. The Morgan fingerprint density at radius 3 is 1.43 bits per heavy atom. The summed E-state index contributed by atoms with van der Waals surface area (Å²) < 4.78 is 0.993. The van der Waals surface area contributed by atoms with Gasteiger partial charge in [0.05, 0.1) is 0 Å². The summed E-state index contributed by atoms with van der Waals surface area (Å²) >= 11 is -5.79. The third-order valence-corrected chi connectivity index (χ3v) is 36.4. The second-order valence-electron chi connectivity index (χ2n) is 19.8. The van der Waals surface area contributed by atoms with Crippen molar-refractivity contribution < 1.29 is 16.4 Å². The van der Waals surface area contributed by atoms with Crippen LogP contribution in [0.15, 0.2) is 139 Å². The first kappa shape index (κ1) is 41.8. The van der Waals surface area contributed by atoms with Crippen LogP contribution >= 0.6 is 17.0 Å². The van der Waals surface area contributed by atoms with Gasteiger partial charge in [-0.15, -0.1) is 0 Å². The van der Waals surface area contributed by atoms with Crippen LogP contribution in [0.5, 0.6) is 0 Å². The molecule has 0 amide bonds. The molecule has 9 rings (SSSR count). The van der Waals surface area contributed by atoms with Gasteiger partial charge < -0.3 is 0 Å². The SMILES string of the molecule is CCCc1ccc2c(c1-c1ccccc1)C=C(C(C)(C)C)[CH]2[Zr]([Cl])([Cl])([c]1cccc2c1[SiH2]c1ccccc1-2)[CH]1C(C(C)(C)C)=Cc2c1ccc(CCC)c2-c1ccccc1. The van der Waals surface area contributed by atoms with Gasteiger partial charge in [-0.3, -0.25) is 0 Å². The van der Waals surface area contributed by atoms with E-state index in [1.54, 1.807) is 0 Å². The van der Waals surface area contributed by atoms with Crippen molar-refractivity contribution in [1.29, 1.82) is 0 Å². The van der Waals surface area contributed by atoms with Crippen molar-refractivity contribution in [2.24, 2.45) is 10.8 Å². The van der Waals surface area contributed by atoms with Crippen LogP contribution in [-0.4, -0.2) is 9.52 Å². The Morgan fingerprint density at radius 1 is 0.517 bits per heavy atom. The van der Waals surface area contributed by atoms with E-state index in [4.69, 9.17) is 0 Å². The van der Waals surface area contributed by atoms with Crippen molar-refractivity contribution in [2.75, 3.05) is 0 Å². The molecule has 0 nitrogen and oxygen atoms in total. The van der Waals surface area contributed by atoms with Crippen molar-refractivity contribution in [3.63, 3.8) is 0 Å². The average Bonchev–Trinajstić information content (AvgIpc) is 3.95. The third kappa shape index (κ3) is 6.61. The molecule has 0 bridgehead atoms. The van der Waals surface area contributed by atoms with E-state index in [2.05, 4.69) is 195 Å². The van der Waals surface area contributed by atoms with Gasteiger partial charge in [-0.25, -0.2) is 0 Å². The van der Waals surface area contributed by atoms with E-state index in [1.807, 2.05) is 0 Å². The van der Waals surface area contributed by atoms with Crippen LogP contribution in [0, 0.1) is 10.8 Å². The van der Waals surface area contributed by atoms with Gasteiger partial charge in [-0.1, -0.05) is 0 Å². The molecule has 0 radical (unpaired) electrons. The number of aryl methyl sites for hydroxylation is 2. The van der Waals surface area contributed by atoms with Crippen LogP contribution in [0.25, 0.3) is 45.5 Å². The molecular weight excluding hydrogens is 863 g/mol. The van der Waals surface area contributed by atoms with E-state index in [0.29, 0.717) is 0 Å². The van der Waals surface area contributed by atoms with Crippen molar-refractivity contribution in [1.82, 2.24) is 0 Å². The Labute approximate surface area is 370 Å². The quantitative estimate of drug-likeness (QED) is 0.127. The summed E-state index contributed by atoms with van der Waals surface area (Å²) in [6.45, 7) is 18.9. The van der Waals surface area contributed by atoms with E-state index in [1.165, 1.54) is 91.6 Å². The predicted octanol–water partition coefficient (Wildman–Crippen LogP) is 14.0.